The van der Waals surface area contributed by atoms with Crippen molar-refractivity contribution in [2.45, 2.75) is 19.4 Å². The van der Waals surface area contributed by atoms with E-state index in [0.29, 0.717) is 18.8 Å². The molecule has 1 aromatic heterocycles. The molecule has 0 aromatic carbocycles. The smallest absolute Gasteiger partial charge is 0.305 e. The van der Waals surface area contributed by atoms with Crippen LogP contribution < -0.4 is 0 Å². The summed E-state index contributed by atoms with van der Waals surface area (Å²) < 4.78 is 7.09. The van der Waals surface area contributed by atoms with Crippen LogP contribution >= 0.6 is 0 Å². The van der Waals surface area contributed by atoms with Gasteiger partial charge in [-0.05, 0) is 19.1 Å². The third-order valence-electron chi connectivity index (χ3n) is 3.49. The maximum atomic E-state index is 12.5. The first kappa shape index (κ1) is 13.6. The fourth-order valence-electron chi connectivity index (χ4n) is 2.27. The summed E-state index contributed by atoms with van der Waals surface area (Å²) in [5.41, 5.74) is 1.57. The molecular weight excluding hydrogens is 248 g/mol. The second-order valence-electron chi connectivity index (χ2n) is 4.74. The van der Waals surface area contributed by atoms with E-state index in [1.54, 1.807) is 11.0 Å². The molecule has 1 saturated heterocycles. The van der Waals surface area contributed by atoms with Crippen LogP contribution in [0, 0.1) is 6.92 Å². The number of aromatic nitrogens is 1. The van der Waals surface area contributed by atoms with E-state index in [2.05, 4.69) is 0 Å². The van der Waals surface area contributed by atoms with Gasteiger partial charge in [0.1, 0.15) is 5.69 Å². The van der Waals surface area contributed by atoms with Gasteiger partial charge in [-0.2, -0.15) is 0 Å². The largest absolute Gasteiger partial charge is 0.481 e. The Morgan fingerprint density at radius 2 is 2.21 bits per heavy atom. The number of aliphatic carboxylic acids is 1. The van der Waals surface area contributed by atoms with Crippen LogP contribution in [0.5, 0.6) is 0 Å². The molecule has 0 spiro atoms. The maximum Gasteiger partial charge on any atom is 0.305 e. The van der Waals surface area contributed by atoms with Crippen molar-refractivity contribution in [2.24, 2.45) is 7.05 Å². The maximum absolute atomic E-state index is 12.5. The molecule has 6 nitrogen and oxygen atoms in total. The van der Waals surface area contributed by atoms with Crippen molar-refractivity contribution in [1.29, 1.82) is 0 Å². The van der Waals surface area contributed by atoms with Crippen LogP contribution in [0.25, 0.3) is 0 Å². The normalized spacial score (nSPS) is 19.5. The minimum atomic E-state index is -0.920. The van der Waals surface area contributed by atoms with E-state index in [-0.39, 0.29) is 18.9 Å². The number of carboxylic acid groups (broad SMARTS) is 1. The molecule has 2 rings (SSSR count). The minimum absolute atomic E-state index is 0.0881. The first-order chi connectivity index (χ1) is 9.00. The Hall–Kier alpha value is -1.82. The molecule has 1 atom stereocenters. The van der Waals surface area contributed by atoms with Crippen molar-refractivity contribution >= 4 is 11.9 Å². The Morgan fingerprint density at radius 1 is 1.47 bits per heavy atom. The number of hydrogen-bond donors (Lipinski definition) is 1. The van der Waals surface area contributed by atoms with Crippen LogP contribution in [-0.4, -0.2) is 52.3 Å². The molecule has 1 aromatic rings. The molecule has 1 aliphatic rings. The van der Waals surface area contributed by atoms with Crippen LogP contribution in [0.3, 0.4) is 0 Å². The molecule has 0 unspecified atom stereocenters. The molecule has 104 valence electrons. The fourth-order valence-corrected chi connectivity index (χ4v) is 2.27. The Kier molecular flexibility index (Phi) is 3.90. The van der Waals surface area contributed by atoms with Crippen molar-refractivity contribution < 1.29 is 19.4 Å². The molecule has 0 radical (unpaired) electrons. The third kappa shape index (κ3) is 2.78. The van der Waals surface area contributed by atoms with Gasteiger partial charge in [-0.1, -0.05) is 0 Å². The molecule has 0 saturated carbocycles. The lowest BCUT2D eigenvalue weighted by Crippen LogP contribution is -2.50. The van der Waals surface area contributed by atoms with Gasteiger partial charge in [0.05, 0.1) is 25.7 Å². The molecule has 1 aliphatic heterocycles. The van der Waals surface area contributed by atoms with Crippen LogP contribution in [0.1, 0.15) is 22.6 Å². The molecule has 0 bridgehead atoms. The summed E-state index contributed by atoms with van der Waals surface area (Å²) in [4.78, 5) is 24.9. The summed E-state index contributed by atoms with van der Waals surface area (Å²) in [6, 6.07) is 3.25. The minimum Gasteiger partial charge on any atom is -0.481 e. The molecular formula is C13H18N2O4. The number of nitrogens with zero attached hydrogens (tertiary/aromatic N) is 2. The van der Waals surface area contributed by atoms with Gasteiger partial charge in [0.25, 0.3) is 5.91 Å². The van der Waals surface area contributed by atoms with Crippen LogP contribution in [-0.2, 0) is 16.6 Å². The van der Waals surface area contributed by atoms with Crippen LogP contribution in [0.4, 0.5) is 0 Å². The molecule has 1 amide bonds. The summed E-state index contributed by atoms with van der Waals surface area (Å²) in [6.07, 6.45) is -0.0881. The molecule has 0 aliphatic carbocycles. The summed E-state index contributed by atoms with van der Waals surface area (Å²) in [5.74, 6) is -1.05. The van der Waals surface area contributed by atoms with Crippen LogP contribution in [0.15, 0.2) is 12.1 Å². The zero-order chi connectivity index (χ0) is 14.0. The highest BCUT2D eigenvalue weighted by Crippen LogP contribution is 2.16. The van der Waals surface area contributed by atoms with E-state index in [4.69, 9.17) is 9.84 Å². The average Bonchev–Trinajstić information content (AvgIpc) is 2.69. The second kappa shape index (κ2) is 5.44. The zero-order valence-electron chi connectivity index (χ0n) is 11.1. The zero-order valence-corrected chi connectivity index (χ0v) is 11.1. The Bertz CT molecular complexity index is 495. The number of amides is 1. The summed E-state index contributed by atoms with van der Waals surface area (Å²) in [7, 11) is 1.83. The van der Waals surface area contributed by atoms with E-state index >= 15 is 0 Å². The van der Waals surface area contributed by atoms with Gasteiger partial charge < -0.3 is 19.3 Å². The van der Waals surface area contributed by atoms with E-state index < -0.39 is 12.0 Å². The van der Waals surface area contributed by atoms with Crippen molar-refractivity contribution in [3.8, 4) is 0 Å². The number of morpholine rings is 1. The SMILES string of the molecule is Cc1ccc(C(=O)N2CCOC[C@@H]2CC(=O)O)n1C. The molecule has 1 fully saturated rings. The molecule has 2 heterocycles. The first-order valence-electron chi connectivity index (χ1n) is 6.23. The summed E-state index contributed by atoms with van der Waals surface area (Å²) in [6.45, 7) is 3.08. The highest BCUT2D eigenvalue weighted by molar-refractivity contribution is 5.93. The average molecular weight is 266 g/mol. The monoisotopic (exact) mass is 266 g/mol. The number of aryl methyl sites for hydroxylation is 1. The van der Waals surface area contributed by atoms with Gasteiger partial charge in [0.2, 0.25) is 0 Å². The van der Waals surface area contributed by atoms with Crippen molar-refractivity contribution in [2.75, 3.05) is 19.8 Å². The van der Waals surface area contributed by atoms with Crippen molar-refractivity contribution in [1.82, 2.24) is 9.47 Å². The standard InChI is InChI=1S/C13H18N2O4/c1-9-3-4-11(14(9)2)13(18)15-5-6-19-8-10(15)7-12(16)17/h3-4,10H,5-8H2,1-2H3,(H,16,17)/t10-/m0/s1. The summed E-state index contributed by atoms with van der Waals surface area (Å²) >= 11 is 0. The molecule has 19 heavy (non-hydrogen) atoms. The first-order valence-corrected chi connectivity index (χ1v) is 6.23. The van der Waals surface area contributed by atoms with Gasteiger partial charge in [0.15, 0.2) is 0 Å². The Morgan fingerprint density at radius 3 is 2.79 bits per heavy atom. The van der Waals surface area contributed by atoms with Gasteiger partial charge in [0, 0.05) is 19.3 Å². The predicted octanol–water partition coefficient (Wildman–Crippen LogP) is 0.649. The highest BCUT2D eigenvalue weighted by Gasteiger charge is 2.30. The lowest BCUT2D eigenvalue weighted by molar-refractivity contribution is -0.139. The fraction of sp³-hybridized carbons (Fsp3) is 0.538. The topological polar surface area (TPSA) is 71.8 Å². The van der Waals surface area contributed by atoms with E-state index in [1.165, 1.54) is 0 Å². The molecule has 6 heteroatoms. The van der Waals surface area contributed by atoms with E-state index in [9.17, 15) is 9.59 Å². The number of carboxylic acids is 1. The highest BCUT2D eigenvalue weighted by atomic mass is 16.5. The second-order valence-corrected chi connectivity index (χ2v) is 4.74. The quantitative estimate of drug-likeness (QED) is 0.872. The van der Waals surface area contributed by atoms with Gasteiger partial charge in [-0.25, -0.2) is 0 Å². The third-order valence-corrected chi connectivity index (χ3v) is 3.49. The van der Waals surface area contributed by atoms with Crippen molar-refractivity contribution in [3.05, 3.63) is 23.5 Å². The number of rotatable bonds is 3. The summed E-state index contributed by atoms with van der Waals surface area (Å²) in [5, 5.41) is 8.90. The van der Waals surface area contributed by atoms with Crippen LogP contribution in [0.2, 0.25) is 0 Å². The van der Waals surface area contributed by atoms with Crippen molar-refractivity contribution in [3.63, 3.8) is 0 Å². The number of carbonyl (C=O) groups excluding carboxylic acids is 1. The van der Waals surface area contributed by atoms with Gasteiger partial charge >= 0.3 is 5.97 Å². The van der Waals surface area contributed by atoms with E-state index in [0.717, 1.165) is 5.69 Å². The van der Waals surface area contributed by atoms with Gasteiger partial charge in [-0.3, -0.25) is 9.59 Å². The number of hydrogen-bond acceptors (Lipinski definition) is 3. The molecule has 1 N–H and O–H groups in total. The predicted molar refractivity (Wildman–Crippen MR) is 68.0 cm³/mol. The number of ether oxygens (including phenoxy) is 1. The Labute approximate surface area is 111 Å². The lowest BCUT2D eigenvalue weighted by Gasteiger charge is -2.34. The van der Waals surface area contributed by atoms with E-state index in [1.807, 2.05) is 24.6 Å². The number of carbonyl (C=O) groups is 2. The Balaban J connectivity index is 2.20. The lowest BCUT2D eigenvalue weighted by atomic mass is 10.1. The van der Waals surface area contributed by atoms with Gasteiger partial charge in [-0.15, -0.1) is 0 Å².